The summed E-state index contributed by atoms with van der Waals surface area (Å²) in [5.41, 5.74) is 6.03. The van der Waals surface area contributed by atoms with E-state index in [1.54, 1.807) is 13.8 Å². The summed E-state index contributed by atoms with van der Waals surface area (Å²) in [5.74, 6) is -0.683. The average molecular weight is 294 g/mol. The Labute approximate surface area is 123 Å². The molecule has 7 nitrogen and oxygen atoms in total. The Balaban J connectivity index is 2.04. The van der Waals surface area contributed by atoms with Crippen molar-refractivity contribution in [1.29, 1.82) is 0 Å². The molecule has 1 amide bonds. The summed E-state index contributed by atoms with van der Waals surface area (Å²) < 4.78 is 6.28. The summed E-state index contributed by atoms with van der Waals surface area (Å²) >= 11 is 0. The largest absolute Gasteiger partial charge is 0.461 e. The lowest BCUT2D eigenvalue weighted by Gasteiger charge is -2.16. The molecule has 0 saturated heterocycles. The van der Waals surface area contributed by atoms with Crippen LogP contribution in [-0.4, -0.2) is 34.3 Å². The maximum absolute atomic E-state index is 12.2. The second-order valence-corrected chi connectivity index (χ2v) is 5.30. The van der Waals surface area contributed by atoms with Crippen LogP contribution in [0.1, 0.15) is 56.1 Å². The summed E-state index contributed by atoms with van der Waals surface area (Å²) in [5, 5.41) is 7.08. The number of nitrogen functional groups attached to an aromatic ring is 1. The fourth-order valence-corrected chi connectivity index (χ4v) is 2.47. The van der Waals surface area contributed by atoms with Crippen LogP contribution in [0.2, 0.25) is 0 Å². The molecule has 7 heteroatoms. The van der Waals surface area contributed by atoms with Gasteiger partial charge in [0.15, 0.2) is 5.69 Å². The molecule has 3 N–H and O–H groups in total. The molecule has 1 fully saturated rings. The fourth-order valence-electron chi connectivity index (χ4n) is 2.47. The topological polar surface area (TPSA) is 99.2 Å². The molecule has 0 spiro atoms. The van der Waals surface area contributed by atoms with Gasteiger partial charge in [0.2, 0.25) is 5.91 Å². The Bertz CT molecular complexity index is 520. The lowest BCUT2D eigenvalue weighted by molar-refractivity contribution is -0.124. The number of carbonyl (C=O) groups excluding carboxylic acids is 2. The lowest BCUT2D eigenvalue weighted by Crippen LogP contribution is -2.37. The first-order valence-electron chi connectivity index (χ1n) is 7.35. The highest BCUT2D eigenvalue weighted by atomic mass is 16.5. The first-order chi connectivity index (χ1) is 10.0. The number of esters is 1. The number of hydrogen-bond acceptors (Lipinski definition) is 5. The molecular formula is C14H22N4O3. The van der Waals surface area contributed by atoms with Crippen LogP contribution in [0.3, 0.4) is 0 Å². The molecular weight excluding hydrogens is 272 g/mol. The Hall–Kier alpha value is -2.05. The molecule has 1 atom stereocenters. The van der Waals surface area contributed by atoms with Crippen molar-refractivity contribution in [2.24, 2.45) is 0 Å². The number of aromatic nitrogens is 2. The molecule has 2 rings (SSSR count). The number of anilines is 1. The first-order valence-corrected chi connectivity index (χ1v) is 7.35. The van der Waals surface area contributed by atoms with Crippen molar-refractivity contribution in [3.63, 3.8) is 0 Å². The predicted octanol–water partition coefficient (Wildman–Crippen LogP) is 1.26. The van der Waals surface area contributed by atoms with Crippen LogP contribution >= 0.6 is 0 Å². The molecule has 1 aliphatic carbocycles. The number of rotatable bonds is 5. The molecule has 1 saturated carbocycles. The molecule has 0 radical (unpaired) electrons. The van der Waals surface area contributed by atoms with Gasteiger partial charge in [-0.05, 0) is 26.7 Å². The van der Waals surface area contributed by atoms with Crippen molar-refractivity contribution in [3.05, 3.63) is 11.9 Å². The Morgan fingerprint density at radius 2 is 2.19 bits per heavy atom. The number of carbonyl (C=O) groups is 2. The van der Waals surface area contributed by atoms with Crippen molar-refractivity contribution in [2.75, 3.05) is 12.3 Å². The molecule has 1 aromatic rings. The molecule has 1 aliphatic rings. The zero-order valence-electron chi connectivity index (χ0n) is 12.5. The van der Waals surface area contributed by atoms with Crippen molar-refractivity contribution in [2.45, 2.75) is 51.6 Å². The van der Waals surface area contributed by atoms with Gasteiger partial charge in [0.25, 0.3) is 0 Å². The molecule has 0 aromatic carbocycles. The SMILES string of the molecule is CCOC(=O)c1nn(C(C)C(=O)NC2CCCC2)cc1N. The van der Waals surface area contributed by atoms with Gasteiger partial charge >= 0.3 is 5.97 Å². The molecule has 0 aliphatic heterocycles. The van der Waals surface area contributed by atoms with Crippen LogP contribution < -0.4 is 11.1 Å². The maximum atomic E-state index is 12.2. The Kier molecular flexibility index (Phi) is 4.82. The third-order valence-corrected chi connectivity index (χ3v) is 3.71. The minimum absolute atomic E-state index is 0.0531. The van der Waals surface area contributed by atoms with Gasteiger partial charge in [-0.15, -0.1) is 0 Å². The second-order valence-electron chi connectivity index (χ2n) is 5.30. The summed E-state index contributed by atoms with van der Waals surface area (Å²) in [6.07, 6.45) is 5.84. The number of hydrogen-bond donors (Lipinski definition) is 2. The third-order valence-electron chi connectivity index (χ3n) is 3.71. The van der Waals surface area contributed by atoms with E-state index in [0.29, 0.717) is 0 Å². The van der Waals surface area contributed by atoms with Gasteiger partial charge in [0, 0.05) is 12.2 Å². The predicted molar refractivity (Wildman–Crippen MR) is 77.7 cm³/mol. The van der Waals surface area contributed by atoms with Gasteiger partial charge < -0.3 is 15.8 Å². The number of nitrogens with zero attached hydrogens (tertiary/aromatic N) is 2. The minimum Gasteiger partial charge on any atom is -0.461 e. The van der Waals surface area contributed by atoms with Gasteiger partial charge in [0.05, 0.1) is 12.3 Å². The lowest BCUT2D eigenvalue weighted by atomic mass is 10.2. The number of amides is 1. The van der Waals surface area contributed by atoms with Crippen LogP contribution in [-0.2, 0) is 9.53 Å². The second kappa shape index (κ2) is 6.60. The van der Waals surface area contributed by atoms with E-state index in [4.69, 9.17) is 10.5 Å². The zero-order valence-corrected chi connectivity index (χ0v) is 12.5. The standard InChI is InChI=1S/C14H22N4O3/c1-3-21-14(20)12-11(15)8-18(17-12)9(2)13(19)16-10-6-4-5-7-10/h8-10H,3-7,15H2,1-2H3,(H,16,19). The van der Waals surface area contributed by atoms with Crippen LogP contribution in [0.5, 0.6) is 0 Å². The smallest absolute Gasteiger partial charge is 0.361 e. The van der Waals surface area contributed by atoms with Crippen molar-refractivity contribution in [1.82, 2.24) is 15.1 Å². The van der Waals surface area contributed by atoms with E-state index in [1.165, 1.54) is 10.9 Å². The monoisotopic (exact) mass is 294 g/mol. The highest BCUT2D eigenvalue weighted by molar-refractivity contribution is 5.92. The van der Waals surface area contributed by atoms with E-state index in [0.717, 1.165) is 25.7 Å². The van der Waals surface area contributed by atoms with Crippen LogP contribution in [0.25, 0.3) is 0 Å². The molecule has 1 unspecified atom stereocenters. The highest BCUT2D eigenvalue weighted by Gasteiger charge is 2.24. The van der Waals surface area contributed by atoms with E-state index in [2.05, 4.69) is 10.4 Å². The van der Waals surface area contributed by atoms with Crippen LogP contribution in [0, 0.1) is 0 Å². The summed E-state index contributed by atoms with van der Waals surface area (Å²) in [4.78, 5) is 23.9. The Morgan fingerprint density at radius 3 is 2.81 bits per heavy atom. The summed E-state index contributed by atoms with van der Waals surface area (Å²) in [6, 6.07) is -0.270. The number of nitrogens with two attached hydrogens (primary N) is 1. The van der Waals surface area contributed by atoms with Gasteiger partial charge in [-0.3, -0.25) is 9.48 Å². The van der Waals surface area contributed by atoms with Crippen molar-refractivity contribution >= 4 is 17.6 Å². The zero-order chi connectivity index (χ0) is 15.4. The maximum Gasteiger partial charge on any atom is 0.361 e. The van der Waals surface area contributed by atoms with Crippen LogP contribution in [0.15, 0.2) is 6.20 Å². The van der Waals surface area contributed by atoms with Gasteiger partial charge in [-0.1, -0.05) is 12.8 Å². The third kappa shape index (κ3) is 3.53. The molecule has 1 heterocycles. The normalized spacial score (nSPS) is 16.7. The van der Waals surface area contributed by atoms with Crippen molar-refractivity contribution in [3.8, 4) is 0 Å². The molecule has 1 aromatic heterocycles. The van der Waals surface area contributed by atoms with E-state index in [-0.39, 0.29) is 29.9 Å². The Morgan fingerprint density at radius 1 is 1.52 bits per heavy atom. The van der Waals surface area contributed by atoms with Crippen LogP contribution in [0.4, 0.5) is 5.69 Å². The molecule has 21 heavy (non-hydrogen) atoms. The van der Waals surface area contributed by atoms with E-state index >= 15 is 0 Å². The summed E-state index contributed by atoms with van der Waals surface area (Å²) in [6.45, 7) is 3.69. The van der Waals surface area contributed by atoms with Gasteiger partial charge in [-0.2, -0.15) is 5.10 Å². The van der Waals surface area contributed by atoms with Gasteiger partial charge in [0.1, 0.15) is 6.04 Å². The number of nitrogens with one attached hydrogen (secondary N) is 1. The molecule has 116 valence electrons. The summed E-state index contributed by atoms with van der Waals surface area (Å²) in [7, 11) is 0. The quantitative estimate of drug-likeness (QED) is 0.796. The fraction of sp³-hybridized carbons (Fsp3) is 0.643. The first kappa shape index (κ1) is 15.3. The van der Waals surface area contributed by atoms with Gasteiger partial charge in [-0.25, -0.2) is 4.79 Å². The highest BCUT2D eigenvalue weighted by Crippen LogP contribution is 2.19. The average Bonchev–Trinajstić information content (AvgIpc) is 3.07. The van der Waals surface area contributed by atoms with E-state index in [1.807, 2.05) is 0 Å². The van der Waals surface area contributed by atoms with E-state index < -0.39 is 12.0 Å². The molecule has 0 bridgehead atoms. The minimum atomic E-state index is -0.572. The van der Waals surface area contributed by atoms with Crippen molar-refractivity contribution < 1.29 is 14.3 Å². The number of ether oxygens (including phenoxy) is 1. The van der Waals surface area contributed by atoms with E-state index in [9.17, 15) is 9.59 Å².